The molecule has 1 amide bonds. The predicted molar refractivity (Wildman–Crippen MR) is 61.2 cm³/mol. The second-order valence-corrected chi connectivity index (χ2v) is 4.20. The molecule has 0 aliphatic heterocycles. The molecule has 0 atom stereocenters. The van der Waals surface area contributed by atoms with Crippen molar-refractivity contribution in [1.82, 2.24) is 5.43 Å². The van der Waals surface area contributed by atoms with E-state index in [-0.39, 0.29) is 5.91 Å². The molecule has 1 rings (SSSR count). The smallest absolute Gasteiger partial charge is 0.234 e. The molecule has 0 saturated carbocycles. The van der Waals surface area contributed by atoms with Gasteiger partial charge in [-0.2, -0.15) is 11.8 Å². The van der Waals surface area contributed by atoms with Gasteiger partial charge in [0.15, 0.2) is 0 Å². The van der Waals surface area contributed by atoms with Crippen molar-refractivity contribution in [3.8, 4) is 0 Å². The number of aryl methyl sites for hydroxylation is 1. The Balaban J connectivity index is 2.17. The molecule has 0 aliphatic carbocycles. The molecule has 1 aromatic rings. The highest BCUT2D eigenvalue weighted by molar-refractivity contribution is 7.98. The number of nitrogens with two attached hydrogens (primary N) is 1. The zero-order chi connectivity index (χ0) is 11.1. The van der Waals surface area contributed by atoms with E-state index >= 15 is 0 Å². The van der Waals surface area contributed by atoms with Crippen LogP contribution in [0.25, 0.3) is 0 Å². The number of hydrogen-bond acceptors (Lipinski definition) is 4. The fourth-order valence-electron chi connectivity index (χ4n) is 1.10. The average Bonchev–Trinajstić information content (AvgIpc) is 2.72. The maximum atomic E-state index is 10.8. The van der Waals surface area contributed by atoms with E-state index in [1.165, 1.54) is 0 Å². The van der Waals surface area contributed by atoms with Gasteiger partial charge in [0.05, 0.1) is 5.75 Å². The minimum Gasteiger partial charge on any atom is -0.465 e. The number of hydrogen-bond donors (Lipinski definition) is 2. The van der Waals surface area contributed by atoms with E-state index in [0.29, 0.717) is 6.42 Å². The summed E-state index contributed by atoms with van der Waals surface area (Å²) >= 11 is 1.66. The molecule has 0 bridgehead atoms. The largest absolute Gasteiger partial charge is 0.465 e. The van der Waals surface area contributed by atoms with Crippen LogP contribution >= 0.6 is 11.8 Å². The molecular formula is C10H16N2O2S. The lowest BCUT2D eigenvalue weighted by atomic mass is 10.4. The van der Waals surface area contributed by atoms with Gasteiger partial charge in [-0.05, 0) is 12.1 Å². The first-order chi connectivity index (χ1) is 7.26. The Hall–Kier alpha value is -0.940. The normalized spacial score (nSPS) is 10.3. The second-order valence-electron chi connectivity index (χ2n) is 3.09. The lowest BCUT2D eigenvalue weighted by Gasteiger charge is -1.99. The van der Waals surface area contributed by atoms with Gasteiger partial charge in [0.1, 0.15) is 11.5 Å². The molecule has 0 aromatic carbocycles. The number of carbonyl (C=O) groups excluding carboxylic acids is 1. The van der Waals surface area contributed by atoms with Gasteiger partial charge in [-0.25, -0.2) is 5.84 Å². The molecular weight excluding hydrogens is 212 g/mol. The van der Waals surface area contributed by atoms with Crippen LogP contribution < -0.4 is 11.3 Å². The Kier molecular flexibility index (Phi) is 5.28. The number of amides is 1. The van der Waals surface area contributed by atoms with Crippen molar-refractivity contribution in [3.63, 3.8) is 0 Å². The SMILES string of the molecule is CCc1ccc(CSCCC(=O)NN)o1. The van der Waals surface area contributed by atoms with E-state index in [2.05, 4.69) is 12.3 Å². The number of nitrogens with one attached hydrogen (secondary N) is 1. The zero-order valence-corrected chi connectivity index (χ0v) is 9.60. The summed E-state index contributed by atoms with van der Waals surface area (Å²) in [5.74, 6) is 8.36. The maximum Gasteiger partial charge on any atom is 0.234 e. The molecule has 0 spiro atoms. The van der Waals surface area contributed by atoms with Crippen LogP contribution in [0.4, 0.5) is 0 Å². The third kappa shape index (κ3) is 4.40. The quantitative estimate of drug-likeness (QED) is 0.335. The standard InChI is InChI=1S/C10H16N2O2S/c1-2-8-3-4-9(14-8)7-15-6-5-10(13)12-11/h3-4H,2,5-7,11H2,1H3,(H,12,13). The fraction of sp³-hybridized carbons (Fsp3) is 0.500. The molecule has 1 aromatic heterocycles. The van der Waals surface area contributed by atoms with Crippen molar-refractivity contribution < 1.29 is 9.21 Å². The van der Waals surface area contributed by atoms with Crippen LogP contribution in [0.3, 0.4) is 0 Å². The molecule has 0 unspecified atom stereocenters. The first-order valence-electron chi connectivity index (χ1n) is 4.91. The van der Waals surface area contributed by atoms with Crippen molar-refractivity contribution in [2.75, 3.05) is 5.75 Å². The zero-order valence-electron chi connectivity index (χ0n) is 8.79. The van der Waals surface area contributed by atoms with E-state index < -0.39 is 0 Å². The Labute approximate surface area is 93.6 Å². The topological polar surface area (TPSA) is 68.3 Å². The number of hydrazine groups is 1. The van der Waals surface area contributed by atoms with Crippen LogP contribution in [0.5, 0.6) is 0 Å². The van der Waals surface area contributed by atoms with Crippen LogP contribution in [0.1, 0.15) is 24.9 Å². The summed E-state index contributed by atoms with van der Waals surface area (Å²) < 4.78 is 5.52. The van der Waals surface area contributed by atoms with E-state index in [1.807, 2.05) is 12.1 Å². The number of thioether (sulfide) groups is 1. The minimum absolute atomic E-state index is 0.129. The molecule has 5 heteroatoms. The van der Waals surface area contributed by atoms with E-state index in [9.17, 15) is 4.79 Å². The van der Waals surface area contributed by atoms with Crippen molar-refractivity contribution in [3.05, 3.63) is 23.7 Å². The lowest BCUT2D eigenvalue weighted by Crippen LogP contribution is -2.30. The number of furan rings is 1. The Morgan fingerprint density at radius 2 is 2.27 bits per heavy atom. The van der Waals surface area contributed by atoms with Crippen molar-refractivity contribution in [2.45, 2.75) is 25.5 Å². The van der Waals surface area contributed by atoms with Crippen molar-refractivity contribution in [1.29, 1.82) is 0 Å². The van der Waals surface area contributed by atoms with Crippen LogP contribution in [-0.2, 0) is 17.0 Å². The molecule has 0 saturated heterocycles. The number of rotatable bonds is 6. The van der Waals surface area contributed by atoms with Gasteiger partial charge >= 0.3 is 0 Å². The maximum absolute atomic E-state index is 10.8. The highest BCUT2D eigenvalue weighted by Gasteiger charge is 2.02. The number of carbonyl (C=O) groups is 1. The van der Waals surface area contributed by atoms with Gasteiger partial charge in [0, 0.05) is 18.6 Å². The van der Waals surface area contributed by atoms with Crippen LogP contribution in [0.15, 0.2) is 16.5 Å². The molecule has 15 heavy (non-hydrogen) atoms. The van der Waals surface area contributed by atoms with Gasteiger partial charge in [-0.15, -0.1) is 0 Å². The molecule has 0 fully saturated rings. The molecule has 0 radical (unpaired) electrons. The molecule has 84 valence electrons. The van der Waals surface area contributed by atoms with Crippen LogP contribution in [-0.4, -0.2) is 11.7 Å². The summed E-state index contributed by atoms with van der Waals surface area (Å²) in [6.45, 7) is 2.06. The van der Waals surface area contributed by atoms with Gasteiger partial charge in [-0.1, -0.05) is 6.92 Å². The van der Waals surface area contributed by atoms with E-state index in [4.69, 9.17) is 10.3 Å². The first kappa shape index (κ1) is 12.1. The minimum atomic E-state index is -0.129. The van der Waals surface area contributed by atoms with Gasteiger partial charge in [0.25, 0.3) is 0 Å². The first-order valence-corrected chi connectivity index (χ1v) is 6.06. The van der Waals surface area contributed by atoms with Gasteiger partial charge < -0.3 is 4.42 Å². The average molecular weight is 228 g/mol. The van der Waals surface area contributed by atoms with Gasteiger partial charge in [0.2, 0.25) is 5.91 Å². The summed E-state index contributed by atoms with van der Waals surface area (Å²) in [6, 6.07) is 3.97. The van der Waals surface area contributed by atoms with Crippen LogP contribution in [0, 0.1) is 0 Å². The summed E-state index contributed by atoms with van der Waals surface area (Å²) in [5.41, 5.74) is 2.10. The third-order valence-corrected chi connectivity index (χ3v) is 2.93. The lowest BCUT2D eigenvalue weighted by molar-refractivity contribution is -0.120. The Morgan fingerprint density at radius 3 is 2.87 bits per heavy atom. The molecule has 4 nitrogen and oxygen atoms in total. The van der Waals surface area contributed by atoms with Crippen molar-refractivity contribution >= 4 is 17.7 Å². The van der Waals surface area contributed by atoms with Gasteiger partial charge in [-0.3, -0.25) is 10.2 Å². The van der Waals surface area contributed by atoms with E-state index in [1.54, 1.807) is 11.8 Å². The Morgan fingerprint density at radius 1 is 1.53 bits per heavy atom. The summed E-state index contributed by atoms with van der Waals surface area (Å²) in [6.07, 6.45) is 1.36. The predicted octanol–water partition coefficient (Wildman–Crippen LogP) is 1.46. The Bertz CT molecular complexity index is 312. The summed E-state index contributed by atoms with van der Waals surface area (Å²) in [5, 5.41) is 0. The summed E-state index contributed by atoms with van der Waals surface area (Å²) in [7, 11) is 0. The highest BCUT2D eigenvalue weighted by Crippen LogP contribution is 2.16. The molecule has 3 N–H and O–H groups in total. The fourth-order valence-corrected chi connectivity index (χ4v) is 1.93. The molecule has 0 aliphatic rings. The second kappa shape index (κ2) is 6.53. The van der Waals surface area contributed by atoms with E-state index in [0.717, 1.165) is 29.4 Å². The monoisotopic (exact) mass is 228 g/mol. The van der Waals surface area contributed by atoms with Crippen molar-refractivity contribution in [2.24, 2.45) is 5.84 Å². The third-order valence-electron chi connectivity index (χ3n) is 1.94. The molecule has 1 heterocycles. The highest BCUT2D eigenvalue weighted by atomic mass is 32.2. The van der Waals surface area contributed by atoms with Crippen LogP contribution in [0.2, 0.25) is 0 Å². The summed E-state index contributed by atoms with van der Waals surface area (Å²) in [4.78, 5) is 10.8.